The summed E-state index contributed by atoms with van der Waals surface area (Å²) in [5.41, 5.74) is 6.46. The van der Waals surface area contributed by atoms with E-state index in [0.29, 0.717) is 57.9 Å². The van der Waals surface area contributed by atoms with E-state index in [1.54, 1.807) is 32.2 Å². The van der Waals surface area contributed by atoms with E-state index < -0.39 is 5.67 Å². The van der Waals surface area contributed by atoms with Crippen molar-refractivity contribution in [3.05, 3.63) is 35.0 Å². The second-order valence-electron chi connectivity index (χ2n) is 9.15. The number of alkyl halides is 1. The van der Waals surface area contributed by atoms with Gasteiger partial charge >= 0.3 is 0 Å². The van der Waals surface area contributed by atoms with Crippen LogP contribution in [0.3, 0.4) is 0 Å². The molecule has 1 aromatic carbocycles. The van der Waals surface area contributed by atoms with Crippen molar-refractivity contribution in [2.75, 3.05) is 12.3 Å². The summed E-state index contributed by atoms with van der Waals surface area (Å²) < 4.78 is 13.6. The first-order chi connectivity index (χ1) is 14.2. The zero-order valence-electron chi connectivity index (χ0n) is 18.2. The topological polar surface area (TPSA) is 68.0 Å². The van der Waals surface area contributed by atoms with Gasteiger partial charge in [0.1, 0.15) is 5.67 Å². The van der Waals surface area contributed by atoms with E-state index in [4.69, 9.17) is 17.3 Å². The molecule has 1 saturated carbocycles. The molecule has 0 aliphatic heterocycles. The van der Waals surface area contributed by atoms with Gasteiger partial charge in [-0.1, -0.05) is 44.2 Å². The Balaban J connectivity index is 1.54. The number of fused-ring (bicyclic) bond motifs is 1. The maximum absolute atomic E-state index is 13.6. The lowest BCUT2D eigenvalue weighted by Crippen LogP contribution is -2.26. The summed E-state index contributed by atoms with van der Waals surface area (Å²) in [4.78, 5) is 17.2. The molecule has 1 aromatic heterocycles. The molecule has 6 heteroatoms. The molecule has 0 spiro atoms. The van der Waals surface area contributed by atoms with E-state index >= 15 is 0 Å². The van der Waals surface area contributed by atoms with Gasteiger partial charge in [-0.25, -0.2) is 4.39 Å². The van der Waals surface area contributed by atoms with Crippen LogP contribution < -0.4 is 11.1 Å². The van der Waals surface area contributed by atoms with E-state index in [-0.39, 0.29) is 5.91 Å². The van der Waals surface area contributed by atoms with Gasteiger partial charge in [-0.05, 0) is 62.6 Å². The molecule has 30 heavy (non-hydrogen) atoms. The second-order valence-corrected chi connectivity index (χ2v) is 9.55. The molecule has 1 fully saturated rings. The summed E-state index contributed by atoms with van der Waals surface area (Å²) in [6.45, 7) is 6.16. The van der Waals surface area contributed by atoms with Crippen LogP contribution in [0.5, 0.6) is 0 Å². The normalized spacial score (nSPS) is 21.0. The lowest BCUT2D eigenvalue weighted by atomic mass is 10.0. The number of rotatable bonds is 10. The van der Waals surface area contributed by atoms with Gasteiger partial charge in [0.15, 0.2) is 0 Å². The quantitative estimate of drug-likeness (QED) is 0.347. The van der Waals surface area contributed by atoms with Crippen LogP contribution in [0.2, 0.25) is 5.02 Å². The molecular formula is C24H33ClFN3O. The van der Waals surface area contributed by atoms with E-state index in [2.05, 4.69) is 17.2 Å². The predicted molar refractivity (Wildman–Crippen MR) is 123 cm³/mol. The minimum absolute atomic E-state index is 0.161. The third-order valence-electron chi connectivity index (χ3n) is 6.41. The molecule has 2 aromatic rings. The number of hydrogen-bond acceptors (Lipinski definition) is 3. The van der Waals surface area contributed by atoms with Crippen molar-refractivity contribution < 1.29 is 9.18 Å². The van der Waals surface area contributed by atoms with E-state index in [9.17, 15) is 9.18 Å². The van der Waals surface area contributed by atoms with E-state index in [0.717, 1.165) is 32.1 Å². The number of nitrogens with one attached hydrogen (secondary N) is 1. The third kappa shape index (κ3) is 5.42. The van der Waals surface area contributed by atoms with Crippen LogP contribution in [0, 0.1) is 17.8 Å². The van der Waals surface area contributed by atoms with Gasteiger partial charge in [-0.3, -0.25) is 9.78 Å². The molecule has 1 aliphatic carbocycles. The molecular weight excluding hydrogens is 401 g/mol. The summed E-state index contributed by atoms with van der Waals surface area (Å²) in [6.07, 6.45) is 7.70. The first-order valence-corrected chi connectivity index (χ1v) is 11.4. The molecule has 3 unspecified atom stereocenters. The average Bonchev–Trinajstić information content (AvgIpc) is 3.39. The number of hydrogen-bond donors (Lipinski definition) is 2. The van der Waals surface area contributed by atoms with Crippen LogP contribution in [-0.2, 0) is 0 Å². The number of aromatic nitrogens is 1. The van der Waals surface area contributed by atoms with Gasteiger partial charge in [0.25, 0.3) is 5.91 Å². The van der Waals surface area contributed by atoms with Crippen molar-refractivity contribution in [3.8, 4) is 0 Å². The Labute approximate surface area is 183 Å². The zero-order chi connectivity index (χ0) is 21.9. The van der Waals surface area contributed by atoms with E-state index in [1.165, 1.54) is 0 Å². The van der Waals surface area contributed by atoms with Gasteiger partial charge in [-0.2, -0.15) is 0 Å². The summed E-state index contributed by atoms with van der Waals surface area (Å²) in [6, 6.07) is 5.22. The first kappa shape index (κ1) is 22.8. The van der Waals surface area contributed by atoms with Crippen LogP contribution >= 0.6 is 11.6 Å². The number of nitrogens with two attached hydrogens (primary N) is 1. The molecule has 0 radical (unpaired) electrons. The Morgan fingerprint density at radius 2 is 2.03 bits per heavy atom. The molecule has 164 valence electrons. The number of anilines is 1. The highest BCUT2D eigenvalue weighted by atomic mass is 35.5. The van der Waals surface area contributed by atoms with Crippen LogP contribution in [0.4, 0.5) is 10.1 Å². The monoisotopic (exact) mass is 433 g/mol. The third-order valence-corrected chi connectivity index (χ3v) is 6.73. The molecule has 1 aliphatic rings. The zero-order valence-corrected chi connectivity index (χ0v) is 18.9. The van der Waals surface area contributed by atoms with Crippen LogP contribution in [0.1, 0.15) is 69.7 Å². The van der Waals surface area contributed by atoms with Crippen molar-refractivity contribution in [1.82, 2.24) is 10.3 Å². The minimum Gasteiger partial charge on any atom is -0.397 e. The van der Waals surface area contributed by atoms with Crippen molar-refractivity contribution >= 4 is 34.1 Å². The molecule has 1 amide bonds. The molecule has 1 heterocycles. The highest BCUT2D eigenvalue weighted by Gasteiger charge is 2.47. The fourth-order valence-electron chi connectivity index (χ4n) is 4.68. The Kier molecular flexibility index (Phi) is 7.22. The number of amides is 1. The molecule has 3 N–H and O–H groups in total. The highest BCUT2D eigenvalue weighted by molar-refractivity contribution is 6.35. The minimum atomic E-state index is -1.07. The maximum Gasteiger partial charge on any atom is 0.253 e. The predicted octanol–water partition coefficient (Wildman–Crippen LogP) is 6.17. The van der Waals surface area contributed by atoms with Crippen LogP contribution in [0.15, 0.2) is 24.4 Å². The van der Waals surface area contributed by atoms with Gasteiger partial charge in [-0.15, -0.1) is 0 Å². The number of carbonyl (C=O) groups is 1. The summed E-state index contributed by atoms with van der Waals surface area (Å²) in [7, 11) is 0. The fraction of sp³-hybridized carbons (Fsp3) is 0.583. The van der Waals surface area contributed by atoms with Crippen molar-refractivity contribution in [3.63, 3.8) is 0 Å². The smallest absolute Gasteiger partial charge is 0.253 e. The number of benzene rings is 1. The second kappa shape index (κ2) is 9.51. The molecule has 3 atom stereocenters. The highest BCUT2D eigenvalue weighted by Crippen LogP contribution is 2.51. The average molecular weight is 434 g/mol. The van der Waals surface area contributed by atoms with Gasteiger partial charge in [0.05, 0.1) is 21.8 Å². The lowest BCUT2D eigenvalue weighted by molar-refractivity contribution is 0.0952. The summed E-state index contributed by atoms with van der Waals surface area (Å²) in [5.74, 6) is 1.66. The number of halogens is 2. The molecule has 0 bridgehead atoms. The SMILES string of the molecule is CCC1C(CCCCCC(C)(C)F)C1CNC(=O)c1cc(Cl)c(N)c2cccnc12. The maximum atomic E-state index is 13.6. The number of nitrogen functional groups attached to an aromatic ring is 1. The van der Waals surface area contributed by atoms with Gasteiger partial charge in [0.2, 0.25) is 0 Å². The van der Waals surface area contributed by atoms with E-state index in [1.807, 2.05) is 6.07 Å². The Morgan fingerprint density at radius 1 is 1.27 bits per heavy atom. The molecule has 4 nitrogen and oxygen atoms in total. The summed E-state index contributed by atoms with van der Waals surface area (Å²) in [5, 5.41) is 4.15. The number of pyridine rings is 1. The first-order valence-electron chi connectivity index (χ1n) is 11.0. The Hall–Kier alpha value is -1.88. The van der Waals surface area contributed by atoms with Gasteiger partial charge in [0, 0.05) is 18.1 Å². The van der Waals surface area contributed by atoms with Crippen molar-refractivity contribution in [2.45, 2.75) is 65.0 Å². The van der Waals surface area contributed by atoms with Crippen LogP contribution in [0.25, 0.3) is 10.9 Å². The number of carbonyl (C=O) groups excluding carboxylic acids is 1. The number of unbranched alkanes of at least 4 members (excludes halogenated alkanes) is 2. The molecule has 3 rings (SSSR count). The largest absolute Gasteiger partial charge is 0.397 e. The Bertz CT molecular complexity index is 896. The van der Waals surface area contributed by atoms with Crippen molar-refractivity contribution in [1.29, 1.82) is 0 Å². The lowest BCUT2D eigenvalue weighted by Gasteiger charge is -2.13. The fourth-order valence-corrected chi connectivity index (χ4v) is 4.89. The van der Waals surface area contributed by atoms with Crippen molar-refractivity contribution in [2.24, 2.45) is 17.8 Å². The number of nitrogens with zero attached hydrogens (tertiary/aromatic N) is 1. The molecule has 0 saturated heterocycles. The summed E-state index contributed by atoms with van der Waals surface area (Å²) >= 11 is 6.24. The standard InChI is InChI=1S/C24H33ClFN3O/c1-4-15-16(9-6-5-7-11-24(2,3)26)19(15)14-29-23(30)18-13-20(25)21(27)17-10-8-12-28-22(17)18/h8,10,12-13,15-16,19H,4-7,9,11,14,27H2,1-3H3,(H,29,30). The van der Waals surface area contributed by atoms with Gasteiger partial charge < -0.3 is 11.1 Å². The van der Waals surface area contributed by atoms with Crippen LogP contribution in [-0.4, -0.2) is 23.1 Å². The Morgan fingerprint density at radius 3 is 2.73 bits per heavy atom.